The molecule has 1 saturated heterocycles. The number of imide groups is 1. The van der Waals surface area contributed by atoms with E-state index in [1.165, 1.54) is 21.6 Å². The van der Waals surface area contributed by atoms with Gasteiger partial charge in [0.2, 0.25) is 11.8 Å². The maximum atomic E-state index is 13.8. The first-order chi connectivity index (χ1) is 18.6. The summed E-state index contributed by atoms with van der Waals surface area (Å²) in [5.41, 5.74) is 8.79. The number of piperidine rings is 1. The average molecular weight is 533 g/mol. The Bertz CT molecular complexity index is 1150. The van der Waals surface area contributed by atoms with E-state index >= 15 is 0 Å². The second-order valence-corrected chi connectivity index (χ2v) is 11.8. The number of nitrogens with two attached hydrogens (primary N) is 1. The van der Waals surface area contributed by atoms with Gasteiger partial charge in [-0.1, -0.05) is 54.6 Å². The third-order valence-electron chi connectivity index (χ3n) is 8.46. The van der Waals surface area contributed by atoms with Crippen LogP contribution in [0, 0.1) is 0 Å². The number of carbonyl (C=O) groups excluding carboxylic acids is 3. The van der Waals surface area contributed by atoms with Crippen molar-refractivity contribution in [1.82, 2.24) is 15.5 Å². The van der Waals surface area contributed by atoms with E-state index in [0.717, 1.165) is 38.8 Å². The van der Waals surface area contributed by atoms with E-state index in [2.05, 4.69) is 41.0 Å². The highest BCUT2D eigenvalue weighted by molar-refractivity contribution is 6.00. The van der Waals surface area contributed by atoms with Gasteiger partial charge in [-0.25, -0.2) is 0 Å². The Morgan fingerprint density at radius 1 is 1.08 bits per heavy atom. The smallest absolute Gasteiger partial charge is 0.251 e. The quantitative estimate of drug-likeness (QED) is 0.432. The number of fused-ring (bicyclic) bond motifs is 2. The van der Waals surface area contributed by atoms with Crippen molar-refractivity contribution in [3.8, 4) is 0 Å². The fourth-order valence-electron chi connectivity index (χ4n) is 6.31. The van der Waals surface area contributed by atoms with Crippen LogP contribution in [0.4, 0.5) is 0 Å². The largest absolute Gasteiger partial charge is 0.343 e. The Hall–Kier alpha value is -3.03. The lowest BCUT2D eigenvalue weighted by Gasteiger charge is -2.35. The van der Waals surface area contributed by atoms with Crippen LogP contribution < -0.4 is 16.4 Å². The van der Waals surface area contributed by atoms with Gasteiger partial charge in [-0.05, 0) is 100 Å². The number of rotatable bonds is 10. The molecule has 0 saturated carbocycles. The molecule has 2 aliphatic rings. The van der Waals surface area contributed by atoms with Gasteiger partial charge in [0.25, 0.3) is 5.91 Å². The standard InChI is InChI=1S/C32H44N4O3/c1-4-36(28(37)21-24-22-32(17-19-34-20-18-32)26-15-9-8-14-25(24)26)29(38)27(35-30(39)31(2,3)33)16-10-13-23-11-6-5-7-12-23/h5-9,11-12,14-15,24,27,34H,4,10,13,16-22,33H2,1-3H3,(H,35,39)/t24-,27+/m0/s1. The maximum absolute atomic E-state index is 13.8. The first kappa shape index (κ1) is 29.0. The fourth-order valence-corrected chi connectivity index (χ4v) is 6.31. The van der Waals surface area contributed by atoms with Gasteiger partial charge in [-0.2, -0.15) is 0 Å². The number of likely N-dealkylation sites (N-methyl/N-ethyl adjacent to an activating group) is 1. The number of aryl methyl sites for hydroxylation is 1. The van der Waals surface area contributed by atoms with Crippen LogP contribution >= 0.6 is 0 Å². The maximum Gasteiger partial charge on any atom is 0.251 e. The molecular weight excluding hydrogens is 488 g/mol. The second-order valence-electron chi connectivity index (χ2n) is 11.8. The summed E-state index contributed by atoms with van der Waals surface area (Å²) in [6, 6.07) is 17.8. The van der Waals surface area contributed by atoms with Crippen molar-refractivity contribution >= 4 is 17.7 Å². The minimum atomic E-state index is -1.13. The van der Waals surface area contributed by atoms with Crippen LogP contribution in [0.2, 0.25) is 0 Å². The highest BCUT2D eigenvalue weighted by Crippen LogP contribution is 2.52. The number of hydrogen-bond acceptors (Lipinski definition) is 5. The van der Waals surface area contributed by atoms with Crippen molar-refractivity contribution in [2.45, 2.75) is 88.6 Å². The molecule has 1 aliphatic carbocycles. The molecule has 7 heteroatoms. The summed E-state index contributed by atoms with van der Waals surface area (Å²) in [6.45, 7) is 7.28. The van der Waals surface area contributed by atoms with Gasteiger partial charge in [-0.15, -0.1) is 0 Å². The monoisotopic (exact) mass is 532 g/mol. The summed E-state index contributed by atoms with van der Waals surface area (Å²) >= 11 is 0. The van der Waals surface area contributed by atoms with Crippen molar-refractivity contribution in [2.24, 2.45) is 5.73 Å². The molecule has 2 aromatic carbocycles. The Morgan fingerprint density at radius 3 is 2.41 bits per heavy atom. The van der Waals surface area contributed by atoms with Crippen LogP contribution in [-0.2, 0) is 26.2 Å². The topological polar surface area (TPSA) is 105 Å². The number of nitrogens with one attached hydrogen (secondary N) is 2. The van der Waals surface area contributed by atoms with Crippen molar-refractivity contribution in [3.63, 3.8) is 0 Å². The summed E-state index contributed by atoms with van der Waals surface area (Å²) in [4.78, 5) is 41.6. The van der Waals surface area contributed by atoms with Crippen molar-refractivity contribution in [2.75, 3.05) is 19.6 Å². The molecule has 3 amide bonds. The molecule has 0 aromatic heterocycles. The third kappa shape index (κ3) is 6.76. The van der Waals surface area contributed by atoms with Crippen LogP contribution in [0.1, 0.15) is 81.9 Å². The van der Waals surface area contributed by atoms with E-state index in [4.69, 9.17) is 5.73 Å². The Morgan fingerprint density at radius 2 is 1.74 bits per heavy atom. The second kappa shape index (κ2) is 12.4. The fraction of sp³-hybridized carbons (Fsp3) is 0.531. The van der Waals surface area contributed by atoms with Crippen molar-refractivity contribution in [1.29, 1.82) is 0 Å². The number of nitrogens with zero attached hydrogens (tertiary/aromatic N) is 1. The summed E-state index contributed by atoms with van der Waals surface area (Å²) < 4.78 is 0. The Kier molecular flexibility index (Phi) is 9.23. The van der Waals surface area contributed by atoms with E-state index in [1.807, 2.05) is 31.2 Å². The molecular formula is C32H44N4O3. The van der Waals surface area contributed by atoms with Crippen molar-refractivity contribution in [3.05, 3.63) is 71.3 Å². The zero-order valence-electron chi connectivity index (χ0n) is 23.7. The first-order valence-corrected chi connectivity index (χ1v) is 14.4. The Labute approximate surface area is 232 Å². The molecule has 2 atom stereocenters. The molecule has 1 heterocycles. The van der Waals surface area contributed by atoms with Gasteiger partial charge in [0.1, 0.15) is 6.04 Å². The molecule has 7 nitrogen and oxygen atoms in total. The van der Waals surface area contributed by atoms with E-state index in [9.17, 15) is 14.4 Å². The SMILES string of the molecule is CCN(C(=O)C[C@H]1CC2(CCNCC2)c2ccccc21)C(=O)[C@@H](CCCc1ccccc1)NC(=O)C(C)(C)N. The number of hydrogen-bond donors (Lipinski definition) is 3. The number of benzene rings is 2. The summed E-state index contributed by atoms with van der Waals surface area (Å²) in [5, 5.41) is 6.32. The predicted octanol–water partition coefficient (Wildman–Crippen LogP) is 3.81. The molecule has 1 aliphatic heterocycles. The van der Waals surface area contributed by atoms with Gasteiger partial charge in [-0.3, -0.25) is 19.3 Å². The first-order valence-electron chi connectivity index (χ1n) is 14.4. The number of amides is 3. The summed E-state index contributed by atoms with van der Waals surface area (Å²) in [5.74, 6) is -0.844. The number of carbonyl (C=O) groups is 3. The van der Waals surface area contributed by atoms with Crippen LogP contribution in [0.3, 0.4) is 0 Å². The summed E-state index contributed by atoms with van der Waals surface area (Å²) in [7, 11) is 0. The molecule has 1 fully saturated rings. The zero-order chi connectivity index (χ0) is 28.0. The lowest BCUT2D eigenvalue weighted by Crippen LogP contribution is -2.57. The zero-order valence-corrected chi connectivity index (χ0v) is 23.7. The highest BCUT2D eigenvalue weighted by Gasteiger charge is 2.45. The van der Waals surface area contributed by atoms with Crippen LogP contribution in [0.15, 0.2) is 54.6 Å². The van der Waals surface area contributed by atoms with Gasteiger partial charge in [0, 0.05) is 13.0 Å². The third-order valence-corrected chi connectivity index (χ3v) is 8.46. The van der Waals surface area contributed by atoms with Crippen LogP contribution in [0.25, 0.3) is 0 Å². The molecule has 4 N–H and O–H groups in total. The molecule has 0 unspecified atom stereocenters. The van der Waals surface area contributed by atoms with E-state index in [-0.39, 0.29) is 29.7 Å². The van der Waals surface area contributed by atoms with E-state index < -0.39 is 17.5 Å². The molecule has 1 spiro atoms. The molecule has 0 radical (unpaired) electrons. The summed E-state index contributed by atoms with van der Waals surface area (Å²) in [6.07, 6.45) is 5.27. The van der Waals surface area contributed by atoms with Crippen LogP contribution in [-0.4, -0.2) is 53.8 Å². The molecule has 39 heavy (non-hydrogen) atoms. The highest BCUT2D eigenvalue weighted by atomic mass is 16.2. The van der Waals surface area contributed by atoms with Crippen molar-refractivity contribution < 1.29 is 14.4 Å². The molecule has 0 bridgehead atoms. The normalized spacial score (nSPS) is 18.8. The molecule has 4 rings (SSSR count). The van der Waals surface area contributed by atoms with E-state index in [0.29, 0.717) is 19.3 Å². The molecule has 2 aromatic rings. The van der Waals surface area contributed by atoms with Gasteiger partial charge in [0.05, 0.1) is 5.54 Å². The lowest BCUT2D eigenvalue weighted by atomic mass is 9.73. The lowest BCUT2D eigenvalue weighted by molar-refractivity contribution is -0.147. The minimum Gasteiger partial charge on any atom is -0.343 e. The van der Waals surface area contributed by atoms with Crippen LogP contribution in [0.5, 0.6) is 0 Å². The van der Waals surface area contributed by atoms with Gasteiger partial charge in [0.15, 0.2) is 0 Å². The molecule has 210 valence electrons. The van der Waals surface area contributed by atoms with E-state index in [1.54, 1.807) is 13.8 Å². The van der Waals surface area contributed by atoms with Gasteiger partial charge < -0.3 is 16.4 Å². The minimum absolute atomic E-state index is 0.0859. The van der Waals surface area contributed by atoms with Gasteiger partial charge >= 0.3 is 0 Å². The average Bonchev–Trinajstić information content (AvgIpc) is 3.21. The Balaban J connectivity index is 1.48. The predicted molar refractivity (Wildman–Crippen MR) is 154 cm³/mol.